The second kappa shape index (κ2) is 12.7. The maximum Gasteiger partial charge on any atom is 0.231 e. The van der Waals surface area contributed by atoms with Crippen molar-refractivity contribution in [3.05, 3.63) is 48.7 Å². The van der Waals surface area contributed by atoms with E-state index in [1.807, 2.05) is 36.5 Å². The van der Waals surface area contributed by atoms with Gasteiger partial charge in [0, 0.05) is 68.6 Å². The van der Waals surface area contributed by atoms with Crippen molar-refractivity contribution in [2.45, 2.75) is 18.9 Å². The Kier molecular flexibility index (Phi) is 8.71. The fourth-order valence-electron chi connectivity index (χ4n) is 6.11. The summed E-state index contributed by atoms with van der Waals surface area (Å²) in [5.41, 5.74) is 3.34. The standard InChI is InChI=1S/C32H43N8O3P/c1-38-16-18-40(19-17-38)22-11-14-39(15-12-22)23-6-8-27(28(20-23)42-2)35-32-36-30-25(10-13-33-30)31(37-32)34-26-9-7-24(44(4,5)41)21-29(26)43-3/h6-10,13,20-22H,11-12,14-19H2,1-5H3,(H3,33,34,35,36,37). The average Bonchev–Trinajstić information content (AvgIpc) is 3.50. The molecule has 234 valence electrons. The van der Waals surface area contributed by atoms with Crippen LogP contribution in [0.1, 0.15) is 12.8 Å². The van der Waals surface area contributed by atoms with Crippen LogP contribution in [-0.4, -0.2) is 105 Å². The van der Waals surface area contributed by atoms with E-state index in [4.69, 9.17) is 19.4 Å². The summed E-state index contributed by atoms with van der Waals surface area (Å²) in [4.78, 5) is 20.3. The largest absolute Gasteiger partial charge is 0.495 e. The van der Waals surface area contributed by atoms with Gasteiger partial charge >= 0.3 is 0 Å². The summed E-state index contributed by atoms with van der Waals surface area (Å²) < 4.78 is 24.1. The zero-order chi connectivity index (χ0) is 30.8. The predicted molar refractivity (Wildman–Crippen MR) is 180 cm³/mol. The molecule has 0 bridgehead atoms. The summed E-state index contributed by atoms with van der Waals surface area (Å²) in [6.07, 6.45) is 4.19. The Morgan fingerprint density at radius 3 is 2.25 bits per heavy atom. The van der Waals surface area contributed by atoms with Crippen LogP contribution in [0.5, 0.6) is 11.5 Å². The lowest BCUT2D eigenvalue weighted by Gasteiger charge is -2.42. The number of nitrogens with zero attached hydrogens (tertiary/aromatic N) is 5. The first-order valence-electron chi connectivity index (χ1n) is 15.2. The van der Waals surface area contributed by atoms with Crippen molar-refractivity contribution in [3.63, 3.8) is 0 Å². The van der Waals surface area contributed by atoms with Crippen LogP contribution in [0.4, 0.5) is 28.8 Å². The SMILES string of the molecule is COc1cc(N2CCC(N3CCN(C)CC3)CC2)ccc1Nc1nc(Nc2ccc(P(C)(C)=O)cc2OC)c2cc[nH]c2n1. The van der Waals surface area contributed by atoms with E-state index in [1.165, 1.54) is 25.9 Å². The molecule has 2 aromatic heterocycles. The fourth-order valence-corrected chi connectivity index (χ4v) is 6.98. The lowest BCUT2D eigenvalue weighted by atomic mass is 10.0. The minimum absolute atomic E-state index is 0.420. The Hall–Kier alpha value is -3.79. The predicted octanol–water partition coefficient (Wildman–Crippen LogP) is 4.93. The van der Waals surface area contributed by atoms with Crippen molar-refractivity contribution in [2.75, 3.05) is 89.4 Å². The number of benzene rings is 2. The number of aromatic amines is 1. The van der Waals surface area contributed by atoms with Crippen LogP contribution in [0.15, 0.2) is 48.7 Å². The molecule has 2 fully saturated rings. The molecule has 4 aromatic rings. The molecule has 2 saturated heterocycles. The van der Waals surface area contributed by atoms with Gasteiger partial charge in [-0.3, -0.25) is 4.90 Å². The number of anilines is 5. The first kappa shape index (κ1) is 30.2. The van der Waals surface area contributed by atoms with Gasteiger partial charge in [-0.05, 0) is 69.6 Å². The second-order valence-electron chi connectivity index (χ2n) is 12.1. The number of hydrogen-bond donors (Lipinski definition) is 3. The third-order valence-electron chi connectivity index (χ3n) is 8.79. The normalized spacial score (nSPS) is 17.2. The van der Waals surface area contributed by atoms with Crippen LogP contribution in [0, 0.1) is 0 Å². The van der Waals surface area contributed by atoms with Crippen LogP contribution in [0.25, 0.3) is 11.0 Å². The number of piperidine rings is 1. The Bertz CT molecular complexity index is 1650. The molecular formula is C32H43N8O3P. The number of ether oxygens (including phenoxy) is 2. The summed E-state index contributed by atoms with van der Waals surface area (Å²) >= 11 is 0. The molecule has 0 radical (unpaired) electrons. The zero-order valence-electron chi connectivity index (χ0n) is 26.3. The van der Waals surface area contributed by atoms with E-state index in [2.05, 4.69) is 49.5 Å². The Labute approximate surface area is 259 Å². The first-order valence-corrected chi connectivity index (χ1v) is 17.8. The number of methoxy groups -OCH3 is 2. The molecule has 2 aliphatic heterocycles. The zero-order valence-corrected chi connectivity index (χ0v) is 27.2. The Morgan fingerprint density at radius 1 is 0.864 bits per heavy atom. The van der Waals surface area contributed by atoms with E-state index in [9.17, 15) is 4.57 Å². The van der Waals surface area contributed by atoms with E-state index in [-0.39, 0.29) is 0 Å². The summed E-state index contributed by atoms with van der Waals surface area (Å²) in [6.45, 7) is 10.2. The highest BCUT2D eigenvalue weighted by molar-refractivity contribution is 7.70. The van der Waals surface area contributed by atoms with Gasteiger partial charge in [-0.2, -0.15) is 9.97 Å². The molecule has 0 spiro atoms. The number of hydrogen-bond acceptors (Lipinski definition) is 10. The van der Waals surface area contributed by atoms with Crippen molar-refractivity contribution in [1.29, 1.82) is 0 Å². The number of H-pyrrole nitrogens is 1. The molecule has 0 atom stereocenters. The van der Waals surface area contributed by atoms with Gasteiger partial charge < -0.3 is 39.5 Å². The molecule has 3 N–H and O–H groups in total. The van der Waals surface area contributed by atoms with E-state index in [0.29, 0.717) is 29.2 Å². The van der Waals surface area contributed by atoms with Crippen LogP contribution in [-0.2, 0) is 4.57 Å². The molecule has 12 heteroatoms. The molecule has 11 nitrogen and oxygen atoms in total. The molecule has 0 unspecified atom stereocenters. The molecule has 6 rings (SSSR count). The highest BCUT2D eigenvalue weighted by Crippen LogP contribution is 2.39. The van der Waals surface area contributed by atoms with Crippen LogP contribution in [0.2, 0.25) is 0 Å². The fraction of sp³-hybridized carbons (Fsp3) is 0.438. The number of aromatic nitrogens is 3. The third kappa shape index (κ3) is 6.50. The van der Waals surface area contributed by atoms with Crippen LogP contribution >= 0.6 is 7.14 Å². The van der Waals surface area contributed by atoms with E-state index in [0.717, 1.165) is 59.7 Å². The number of likely N-dealkylation sites (N-methyl/N-ethyl adjacent to an activating group) is 1. The molecule has 0 aliphatic carbocycles. The quantitative estimate of drug-likeness (QED) is 0.224. The number of rotatable bonds is 9. The third-order valence-corrected chi connectivity index (χ3v) is 10.3. The lowest BCUT2D eigenvalue weighted by Crippen LogP contribution is -2.52. The van der Waals surface area contributed by atoms with Gasteiger partial charge in [0.2, 0.25) is 5.95 Å². The molecule has 0 saturated carbocycles. The van der Waals surface area contributed by atoms with E-state index < -0.39 is 7.14 Å². The van der Waals surface area contributed by atoms with Crippen molar-refractivity contribution in [1.82, 2.24) is 24.8 Å². The lowest BCUT2D eigenvalue weighted by molar-refractivity contribution is 0.0982. The molecule has 4 heterocycles. The van der Waals surface area contributed by atoms with Gasteiger partial charge in [0.05, 0.1) is 31.0 Å². The van der Waals surface area contributed by atoms with E-state index in [1.54, 1.807) is 27.5 Å². The number of nitrogens with one attached hydrogen (secondary N) is 3. The number of fused-ring (bicyclic) bond motifs is 1. The van der Waals surface area contributed by atoms with Crippen molar-refractivity contribution in [3.8, 4) is 11.5 Å². The smallest absolute Gasteiger partial charge is 0.231 e. The summed E-state index contributed by atoms with van der Waals surface area (Å²) in [5, 5.41) is 8.36. The van der Waals surface area contributed by atoms with Gasteiger partial charge in [0.15, 0.2) is 0 Å². The molecule has 0 amide bonds. The molecule has 2 aliphatic rings. The monoisotopic (exact) mass is 618 g/mol. The average molecular weight is 619 g/mol. The van der Waals surface area contributed by atoms with Gasteiger partial charge in [-0.1, -0.05) is 0 Å². The van der Waals surface area contributed by atoms with Crippen molar-refractivity contribution < 1.29 is 14.0 Å². The summed E-state index contributed by atoms with van der Waals surface area (Å²) in [7, 11) is 3.07. The Balaban J connectivity index is 1.19. The molecule has 2 aromatic carbocycles. The maximum absolute atomic E-state index is 12.6. The first-order chi connectivity index (χ1) is 21.2. The molecular weight excluding hydrogens is 575 g/mol. The van der Waals surface area contributed by atoms with Crippen molar-refractivity contribution in [2.24, 2.45) is 0 Å². The van der Waals surface area contributed by atoms with Crippen LogP contribution < -0.4 is 30.3 Å². The Morgan fingerprint density at radius 2 is 1.55 bits per heavy atom. The highest BCUT2D eigenvalue weighted by Gasteiger charge is 2.27. The summed E-state index contributed by atoms with van der Waals surface area (Å²) in [5.74, 6) is 2.35. The van der Waals surface area contributed by atoms with E-state index >= 15 is 0 Å². The minimum Gasteiger partial charge on any atom is -0.495 e. The maximum atomic E-state index is 12.6. The van der Waals surface area contributed by atoms with Crippen molar-refractivity contribution >= 4 is 52.3 Å². The number of piperazine rings is 1. The van der Waals surface area contributed by atoms with Crippen LogP contribution in [0.3, 0.4) is 0 Å². The molecule has 44 heavy (non-hydrogen) atoms. The minimum atomic E-state index is -2.43. The van der Waals surface area contributed by atoms with Gasteiger partial charge in [-0.15, -0.1) is 0 Å². The summed E-state index contributed by atoms with van der Waals surface area (Å²) in [6, 6.07) is 14.4. The second-order valence-corrected chi connectivity index (χ2v) is 15.3. The highest BCUT2D eigenvalue weighted by atomic mass is 31.2. The van der Waals surface area contributed by atoms with Gasteiger partial charge in [-0.25, -0.2) is 0 Å². The van der Waals surface area contributed by atoms with Gasteiger partial charge in [0.25, 0.3) is 0 Å². The topological polar surface area (TPSA) is 111 Å². The van der Waals surface area contributed by atoms with Gasteiger partial charge in [0.1, 0.15) is 30.1 Å².